The number of aliphatic hydroxyl groups is 1. The topological polar surface area (TPSA) is 38.0 Å². The molecular formula is C11H18N2O. The number of hydrogen-bond acceptors (Lipinski definition) is 2. The Bertz CT molecular complexity index is 295. The molecule has 0 radical (unpaired) electrons. The van der Waals surface area contributed by atoms with E-state index in [1.54, 1.807) is 0 Å². The first-order valence-electron chi connectivity index (χ1n) is 5.40. The maximum atomic E-state index is 9.54. The fraction of sp³-hybridized carbons (Fsp3) is 0.727. The molecule has 0 spiro atoms. The number of rotatable bonds is 2. The van der Waals surface area contributed by atoms with Gasteiger partial charge in [0.1, 0.15) is 0 Å². The van der Waals surface area contributed by atoms with E-state index >= 15 is 0 Å². The molecule has 2 unspecified atom stereocenters. The van der Waals surface area contributed by atoms with Crippen LogP contribution in [0.2, 0.25) is 0 Å². The predicted octanol–water partition coefficient (Wildman–Crippen LogP) is 1.51. The lowest BCUT2D eigenvalue weighted by Gasteiger charge is -2.24. The van der Waals surface area contributed by atoms with Crippen molar-refractivity contribution < 1.29 is 5.11 Å². The fourth-order valence-corrected chi connectivity index (χ4v) is 2.32. The van der Waals surface area contributed by atoms with Gasteiger partial charge in [-0.15, -0.1) is 0 Å². The Morgan fingerprint density at radius 3 is 3.07 bits per heavy atom. The van der Waals surface area contributed by atoms with Gasteiger partial charge in [0.25, 0.3) is 0 Å². The van der Waals surface area contributed by atoms with Crippen molar-refractivity contribution in [3.8, 4) is 0 Å². The Balaban J connectivity index is 1.90. The van der Waals surface area contributed by atoms with Gasteiger partial charge in [-0.25, -0.2) is 0 Å². The zero-order chi connectivity index (χ0) is 9.97. The third kappa shape index (κ3) is 2.35. The molecule has 2 atom stereocenters. The number of nitrogens with zero attached hydrogens (tertiary/aromatic N) is 2. The summed E-state index contributed by atoms with van der Waals surface area (Å²) in [5.41, 5.74) is 1.16. The molecule has 3 nitrogen and oxygen atoms in total. The van der Waals surface area contributed by atoms with Gasteiger partial charge in [0.15, 0.2) is 0 Å². The summed E-state index contributed by atoms with van der Waals surface area (Å²) in [6.45, 7) is 0. The van der Waals surface area contributed by atoms with Crippen LogP contribution in [0.15, 0.2) is 12.3 Å². The molecule has 1 aromatic heterocycles. The third-order valence-corrected chi connectivity index (χ3v) is 3.02. The minimum absolute atomic E-state index is 0.0718. The lowest BCUT2D eigenvalue weighted by Crippen LogP contribution is -2.21. The molecule has 2 rings (SSSR count). The molecule has 14 heavy (non-hydrogen) atoms. The maximum Gasteiger partial charge on any atom is 0.0627 e. The molecule has 0 aromatic carbocycles. The van der Waals surface area contributed by atoms with E-state index in [1.165, 1.54) is 12.8 Å². The summed E-state index contributed by atoms with van der Waals surface area (Å²) in [6.07, 6.45) is 7.28. The van der Waals surface area contributed by atoms with Crippen molar-refractivity contribution in [2.45, 2.75) is 38.2 Å². The molecule has 0 amide bonds. The molecule has 1 heterocycles. The van der Waals surface area contributed by atoms with Gasteiger partial charge in [-0.05, 0) is 37.7 Å². The number of hydrogen-bond donors (Lipinski definition) is 1. The summed E-state index contributed by atoms with van der Waals surface area (Å²) in [4.78, 5) is 0. The second-order valence-electron chi connectivity index (χ2n) is 4.37. The van der Waals surface area contributed by atoms with Crippen molar-refractivity contribution >= 4 is 0 Å². The molecule has 1 N–H and O–H groups in total. The van der Waals surface area contributed by atoms with Gasteiger partial charge in [-0.2, -0.15) is 5.10 Å². The lowest BCUT2D eigenvalue weighted by molar-refractivity contribution is 0.101. The minimum atomic E-state index is -0.0718. The highest BCUT2D eigenvalue weighted by Crippen LogP contribution is 2.26. The average Bonchev–Trinajstić information content (AvgIpc) is 2.51. The molecule has 1 aliphatic carbocycles. The third-order valence-electron chi connectivity index (χ3n) is 3.02. The smallest absolute Gasteiger partial charge is 0.0627 e. The SMILES string of the molecule is Cn1ccc(CC2CCCC(O)C2)n1. The highest BCUT2D eigenvalue weighted by Gasteiger charge is 2.20. The zero-order valence-electron chi connectivity index (χ0n) is 8.69. The van der Waals surface area contributed by atoms with Crippen LogP contribution in [0.5, 0.6) is 0 Å². The summed E-state index contributed by atoms with van der Waals surface area (Å²) < 4.78 is 1.84. The molecular weight excluding hydrogens is 176 g/mol. The second-order valence-corrected chi connectivity index (χ2v) is 4.37. The van der Waals surface area contributed by atoms with E-state index in [2.05, 4.69) is 11.2 Å². The Morgan fingerprint density at radius 1 is 1.57 bits per heavy atom. The molecule has 0 aliphatic heterocycles. The number of aliphatic hydroxyl groups excluding tert-OH is 1. The van der Waals surface area contributed by atoms with Crippen LogP contribution in [-0.2, 0) is 13.5 Å². The molecule has 1 aliphatic rings. The first kappa shape index (κ1) is 9.71. The molecule has 1 saturated carbocycles. The first-order valence-corrected chi connectivity index (χ1v) is 5.40. The summed E-state index contributed by atoms with van der Waals surface area (Å²) in [5.74, 6) is 0.633. The monoisotopic (exact) mass is 194 g/mol. The van der Waals surface area contributed by atoms with E-state index < -0.39 is 0 Å². The molecule has 78 valence electrons. The molecule has 0 saturated heterocycles. The normalized spacial score (nSPS) is 27.9. The van der Waals surface area contributed by atoms with E-state index in [0.717, 1.165) is 25.0 Å². The zero-order valence-corrected chi connectivity index (χ0v) is 8.69. The predicted molar refractivity (Wildman–Crippen MR) is 54.9 cm³/mol. The van der Waals surface area contributed by atoms with E-state index in [0.29, 0.717) is 5.92 Å². The van der Waals surface area contributed by atoms with Crippen LogP contribution in [0.3, 0.4) is 0 Å². The van der Waals surface area contributed by atoms with Crippen molar-refractivity contribution in [2.24, 2.45) is 13.0 Å². The van der Waals surface area contributed by atoms with Gasteiger partial charge in [-0.3, -0.25) is 4.68 Å². The van der Waals surface area contributed by atoms with Gasteiger partial charge in [-0.1, -0.05) is 6.42 Å². The van der Waals surface area contributed by atoms with Crippen LogP contribution in [0.25, 0.3) is 0 Å². The largest absolute Gasteiger partial charge is 0.393 e. The maximum absolute atomic E-state index is 9.54. The van der Waals surface area contributed by atoms with Crippen LogP contribution in [0.4, 0.5) is 0 Å². The van der Waals surface area contributed by atoms with E-state index in [4.69, 9.17) is 0 Å². The minimum Gasteiger partial charge on any atom is -0.393 e. The van der Waals surface area contributed by atoms with Crippen LogP contribution in [0.1, 0.15) is 31.4 Å². The van der Waals surface area contributed by atoms with E-state index in [1.807, 2.05) is 17.9 Å². The number of aryl methyl sites for hydroxylation is 1. The Labute approximate surface area is 84.7 Å². The van der Waals surface area contributed by atoms with Crippen molar-refractivity contribution in [3.05, 3.63) is 18.0 Å². The molecule has 1 aromatic rings. The van der Waals surface area contributed by atoms with Crippen molar-refractivity contribution in [1.82, 2.24) is 9.78 Å². The van der Waals surface area contributed by atoms with E-state index in [-0.39, 0.29) is 6.10 Å². The van der Waals surface area contributed by atoms with Gasteiger partial charge in [0.2, 0.25) is 0 Å². The van der Waals surface area contributed by atoms with Crippen molar-refractivity contribution in [2.75, 3.05) is 0 Å². The van der Waals surface area contributed by atoms with E-state index in [9.17, 15) is 5.11 Å². The summed E-state index contributed by atoms with van der Waals surface area (Å²) in [6, 6.07) is 2.07. The summed E-state index contributed by atoms with van der Waals surface area (Å²) in [7, 11) is 1.94. The van der Waals surface area contributed by atoms with Crippen molar-refractivity contribution in [3.63, 3.8) is 0 Å². The Morgan fingerprint density at radius 2 is 2.43 bits per heavy atom. The molecule has 1 fully saturated rings. The van der Waals surface area contributed by atoms with Gasteiger partial charge in [0, 0.05) is 13.2 Å². The molecule has 3 heteroatoms. The second kappa shape index (κ2) is 4.13. The first-order chi connectivity index (χ1) is 6.74. The number of aromatic nitrogens is 2. The van der Waals surface area contributed by atoms with Crippen LogP contribution in [0, 0.1) is 5.92 Å². The highest BCUT2D eigenvalue weighted by molar-refractivity contribution is 5.00. The van der Waals surface area contributed by atoms with Crippen LogP contribution in [-0.4, -0.2) is 21.0 Å². The highest BCUT2D eigenvalue weighted by atomic mass is 16.3. The van der Waals surface area contributed by atoms with Gasteiger partial charge >= 0.3 is 0 Å². The van der Waals surface area contributed by atoms with Crippen molar-refractivity contribution in [1.29, 1.82) is 0 Å². The quantitative estimate of drug-likeness (QED) is 0.775. The average molecular weight is 194 g/mol. The van der Waals surface area contributed by atoms with Gasteiger partial charge in [0.05, 0.1) is 11.8 Å². The van der Waals surface area contributed by atoms with Crippen LogP contribution >= 0.6 is 0 Å². The summed E-state index contributed by atoms with van der Waals surface area (Å²) in [5, 5.41) is 13.9. The fourth-order valence-electron chi connectivity index (χ4n) is 2.32. The molecule has 0 bridgehead atoms. The Kier molecular flexibility index (Phi) is 2.87. The summed E-state index contributed by atoms with van der Waals surface area (Å²) >= 11 is 0. The Hall–Kier alpha value is -0.830. The van der Waals surface area contributed by atoms with Gasteiger partial charge < -0.3 is 5.11 Å². The standard InChI is InChI=1S/C11H18N2O/c1-13-6-5-10(12-13)7-9-3-2-4-11(14)8-9/h5-6,9,11,14H,2-4,7-8H2,1H3. The lowest BCUT2D eigenvalue weighted by atomic mass is 9.84. The van der Waals surface area contributed by atoms with Crippen LogP contribution < -0.4 is 0 Å².